The van der Waals surface area contributed by atoms with Gasteiger partial charge in [0.2, 0.25) is 0 Å². The van der Waals surface area contributed by atoms with E-state index < -0.39 is 0 Å². The van der Waals surface area contributed by atoms with E-state index in [4.69, 9.17) is 5.10 Å². The summed E-state index contributed by atoms with van der Waals surface area (Å²) >= 11 is 0. The molecular weight excluding hydrogens is 410 g/mol. The van der Waals surface area contributed by atoms with Gasteiger partial charge in [-0.2, -0.15) is 5.10 Å². The van der Waals surface area contributed by atoms with Crippen molar-refractivity contribution in [2.24, 2.45) is 0 Å². The summed E-state index contributed by atoms with van der Waals surface area (Å²) < 4.78 is 1.80. The highest BCUT2D eigenvalue weighted by atomic mass is 16.2. The molecule has 0 fully saturated rings. The minimum absolute atomic E-state index is 0.154. The number of aromatic nitrogens is 2. The highest BCUT2D eigenvalue weighted by Gasteiger charge is 2.35. The highest BCUT2D eigenvalue weighted by Crippen LogP contribution is 2.31. The van der Waals surface area contributed by atoms with Crippen LogP contribution in [0.4, 0.5) is 0 Å². The summed E-state index contributed by atoms with van der Waals surface area (Å²) in [6.45, 7) is 0.154. The van der Waals surface area contributed by atoms with Crippen molar-refractivity contribution in [3.05, 3.63) is 120 Å². The Balaban J connectivity index is 1.46. The molecule has 0 unspecified atom stereocenters. The Bertz CT molecular complexity index is 1500. The summed E-state index contributed by atoms with van der Waals surface area (Å²) in [6, 6.07) is 31.1. The molecule has 1 aromatic heterocycles. The van der Waals surface area contributed by atoms with Gasteiger partial charge in [0, 0.05) is 17.3 Å². The van der Waals surface area contributed by atoms with Gasteiger partial charge in [0.1, 0.15) is 0 Å². The van der Waals surface area contributed by atoms with Crippen molar-refractivity contribution in [2.45, 2.75) is 6.54 Å². The quantitative estimate of drug-likeness (QED) is 0.355. The summed E-state index contributed by atoms with van der Waals surface area (Å²) in [5, 5.41) is 7.12. The fourth-order valence-corrected chi connectivity index (χ4v) is 4.37. The molecule has 0 N–H and O–H groups in total. The molecule has 1 aliphatic heterocycles. The van der Waals surface area contributed by atoms with Crippen LogP contribution in [-0.2, 0) is 6.54 Å². The summed E-state index contributed by atoms with van der Waals surface area (Å²) in [6.07, 6.45) is 1.91. The number of benzene rings is 4. The molecule has 0 radical (unpaired) electrons. The molecule has 0 spiro atoms. The lowest BCUT2D eigenvalue weighted by molar-refractivity contribution is 0.0642. The van der Waals surface area contributed by atoms with Gasteiger partial charge in [-0.25, -0.2) is 4.68 Å². The Hall–Kier alpha value is -4.51. The number of carbonyl (C=O) groups excluding carboxylic acids is 2. The van der Waals surface area contributed by atoms with Gasteiger partial charge in [-0.05, 0) is 41.1 Å². The minimum atomic E-state index is -0.271. The number of para-hydroxylation sites is 1. The van der Waals surface area contributed by atoms with E-state index in [0.717, 1.165) is 33.3 Å². The largest absolute Gasteiger partial charge is 0.270 e. The number of hydrogen-bond donors (Lipinski definition) is 0. The van der Waals surface area contributed by atoms with Crippen LogP contribution in [0.1, 0.15) is 26.3 Å². The predicted octanol–water partition coefficient (Wildman–Crippen LogP) is 5.49. The number of imide groups is 1. The van der Waals surface area contributed by atoms with Gasteiger partial charge >= 0.3 is 0 Å². The van der Waals surface area contributed by atoms with E-state index >= 15 is 0 Å². The standard InChI is InChI=1S/C28H19N3O2/c32-27-24-12-6-7-13-25(24)28(33)30(27)17-22-18-31(23-10-2-1-3-11-23)29-26(22)21-15-14-19-8-4-5-9-20(19)16-21/h1-16,18H,17H2. The van der Waals surface area contributed by atoms with Gasteiger partial charge in [-0.15, -0.1) is 0 Å². The second-order valence-electron chi connectivity index (χ2n) is 8.09. The maximum absolute atomic E-state index is 13.0. The molecule has 2 heterocycles. The molecule has 4 aromatic carbocycles. The third-order valence-electron chi connectivity index (χ3n) is 6.04. The number of nitrogens with zero attached hydrogens (tertiary/aromatic N) is 3. The SMILES string of the molecule is O=C1c2ccccc2C(=O)N1Cc1cn(-c2ccccc2)nc1-c1ccc2ccccc2c1. The van der Waals surface area contributed by atoms with Crippen molar-refractivity contribution in [1.29, 1.82) is 0 Å². The van der Waals surface area contributed by atoms with Gasteiger partial charge in [-0.3, -0.25) is 14.5 Å². The Labute approximate surface area is 190 Å². The number of amides is 2. The first kappa shape index (κ1) is 19.2. The van der Waals surface area contributed by atoms with Crippen LogP contribution in [-0.4, -0.2) is 26.5 Å². The van der Waals surface area contributed by atoms with Gasteiger partial charge in [0.25, 0.3) is 11.8 Å². The molecule has 0 aliphatic carbocycles. The average molecular weight is 429 g/mol. The fraction of sp³-hybridized carbons (Fsp3) is 0.0357. The van der Waals surface area contributed by atoms with Crippen molar-refractivity contribution >= 4 is 22.6 Å². The smallest absolute Gasteiger partial charge is 0.261 e. The lowest BCUT2D eigenvalue weighted by Crippen LogP contribution is -2.29. The van der Waals surface area contributed by atoms with E-state index in [9.17, 15) is 9.59 Å². The number of fused-ring (bicyclic) bond motifs is 2. The van der Waals surface area contributed by atoms with Crippen molar-refractivity contribution in [3.63, 3.8) is 0 Å². The van der Waals surface area contributed by atoms with Gasteiger partial charge in [0.15, 0.2) is 0 Å². The highest BCUT2D eigenvalue weighted by molar-refractivity contribution is 6.21. The summed E-state index contributed by atoms with van der Waals surface area (Å²) in [5.41, 5.74) is 4.31. The number of rotatable bonds is 4. The maximum Gasteiger partial charge on any atom is 0.261 e. The Morgan fingerprint density at radius 3 is 2.03 bits per heavy atom. The lowest BCUT2D eigenvalue weighted by atomic mass is 10.0. The Morgan fingerprint density at radius 2 is 1.30 bits per heavy atom. The molecule has 0 bridgehead atoms. The normalized spacial score (nSPS) is 13.0. The van der Waals surface area contributed by atoms with Crippen LogP contribution in [0.25, 0.3) is 27.7 Å². The van der Waals surface area contributed by atoms with Crippen LogP contribution >= 0.6 is 0 Å². The number of carbonyl (C=O) groups is 2. The Morgan fingerprint density at radius 1 is 0.667 bits per heavy atom. The fourth-order valence-electron chi connectivity index (χ4n) is 4.37. The Kier molecular flexibility index (Phi) is 4.40. The van der Waals surface area contributed by atoms with Crippen LogP contribution in [0, 0.1) is 0 Å². The summed E-state index contributed by atoms with van der Waals surface area (Å²) in [5.74, 6) is -0.542. The predicted molar refractivity (Wildman–Crippen MR) is 127 cm³/mol. The van der Waals surface area contributed by atoms with E-state index in [1.807, 2.05) is 54.7 Å². The van der Waals surface area contributed by atoms with Crippen LogP contribution in [0.3, 0.4) is 0 Å². The molecule has 0 saturated carbocycles. The second kappa shape index (κ2) is 7.57. The molecule has 5 nitrogen and oxygen atoms in total. The average Bonchev–Trinajstić information content (AvgIpc) is 3.40. The van der Waals surface area contributed by atoms with Crippen molar-refractivity contribution < 1.29 is 9.59 Å². The van der Waals surface area contributed by atoms with Crippen molar-refractivity contribution in [3.8, 4) is 16.9 Å². The maximum atomic E-state index is 13.0. The third-order valence-corrected chi connectivity index (χ3v) is 6.04. The molecule has 158 valence electrons. The van der Waals surface area contributed by atoms with Crippen LogP contribution in [0.15, 0.2) is 103 Å². The van der Waals surface area contributed by atoms with E-state index in [1.165, 1.54) is 4.90 Å². The van der Waals surface area contributed by atoms with E-state index in [-0.39, 0.29) is 18.4 Å². The van der Waals surface area contributed by atoms with Crippen LogP contribution in [0.5, 0.6) is 0 Å². The molecule has 5 heteroatoms. The zero-order valence-electron chi connectivity index (χ0n) is 17.7. The van der Waals surface area contributed by atoms with Crippen LogP contribution < -0.4 is 0 Å². The molecule has 1 aliphatic rings. The van der Waals surface area contributed by atoms with Crippen LogP contribution in [0.2, 0.25) is 0 Å². The lowest BCUT2D eigenvalue weighted by Gasteiger charge is -2.14. The van der Waals surface area contributed by atoms with E-state index in [1.54, 1.807) is 28.9 Å². The van der Waals surface area contributed by atoms with E-state index in [2.05, 4.69) is 24.3 Å². The first-order valence-corrected chi connectivity index (χ1v) is 10.8. The van der Waals surface area contributed by atoms with Gasteiger partial charge < -0.3 is 0 Å². The molecular formula is C28H19N3O2. The molecule has 33 heavy (non-hydrogen) atoms. The van der Waals surface area contributed by atoms with E-state index in [0.29, 0.717) is 11.1 Å². The second-order valence-corrected chi connectivity index (χ2v) is 8.09. The molecule has 2 amide bonds. The zero-order chi connectivity index (χ0) is 22.4. The first-order chi connectivity index (χ1) is 16.2. The van der Waals surface area contributed by atoms with Crippen molar-refractivity contribution in [1.82, 2.24) is 14.7 Å². The third kappa shape index (κ3) is 3.22. The number of hydrogen-bond acceptors (Lipinski definition) is 3. The molecule has 0 saturated heterocycles. The topological polar surface area (TPSA) is 55.2 Å². The zero-order valence-corrected chi connectivity index (χ0v) is 17.7. The molecule has 5 aromatic rings. The molecule has 6 rings (SSSR count). The first-order valence-electron chi connectivity index (χ1n) is 10.8. The minimum Gasteiger partial charge on any atom is -0.270 e. The summed E-state index contributed by atoms with van der Waals surface area (Å²) in [7, 11) is 0. The van der Waals surface area contributed by atoms with Gasteiger partial charge in [-0.1, -0.05) is 66.7 Å². The summed E-state index contributed by atoms with van der Waals surface area (Å²) in [4.78, 5) is 27.3. The monoisotopic (exact) mass is 429 g/mol. The molecule has 0 atom stereocenters. The van der Waals surface area contributed by atoms with Crippen molar-refractivity contribution in [2.75, 3.05) is 0 Å². The van der Waals surface area contributed by atoms with Gasteiger partial charge in [0.05, 0.1) is 29.1 Å².